The molecule has 196 valence electrons. The van der Waals surface area contributed by atoms with Gasteiger partial charge in [0.1, 0.15) is 5.75 Å². The van der Waals surface area contributed by atoms with Crippen molar-refractivity contribution in [2.75, 3.05) is 11.4 Å². The number of imide groups is 2. The van der Waals surface area contributed by atoms with Crippen LogP contribution in [0.1, 0.15) is 50.2 Å². The number of fused-ring (bicyclic) bond motifs is 4. The molecule has 2 aromatic carbocycles. The number of hydrogen-bond donors (Lipinski definition) is 1. The summed E-state index contributed by atoms with van der Waals surface area (Å²) in [5, 5.41) is 11.2. The number of amides is 4. The van der Waals surface area contributed by atoms with E-state index >= 15 is 0 Å². The van der Waals surface area contributed by atoms with Gasteiger partial charge in [0.05, 0.1) is 28.9 Å². The van der Waals surface area contributed by atoms with Gasteiger partial charge in [0.2, 0.25) is 23.6 Å². The van der Waals surface area contributed by atoms with E-state index in [0.717, 1.165) is 5.57 Å². The molecular weight excluding hydrogens is 480 g/mol. The Hall–Kier alpha value is -3.74. The maximum absolute atomic E-state index is 14.3. The van der Waals surface area contributed by atoms with Crippen molar-refractivity contribution in [1.29, 1.82) is 0 Å². The number of aryl methyl sites for hydroxylation is 1. The summed E-state index contributed by atoms with van der Waals surface area (Å²) in [6.07, 6.45) is 3.43. The number of allylic oxidation sites excluding steroid dienone is 2. The molecule has 7 heteroatoms. The smallest absolute Gasteiger partial charge is 0.241 e. The fourth-order valence-corrected chi connectivity index (χ4v) is 7.61. The van der Waals surface area contributed by atoms with E-state index in [1.54, 1.807) is 24.3 Å². The Kier molecular flexibility index (Phi) is 5.60. The highest BCUT2D eigenvalue weighted by atomic mass is 16.3. The molecule has 0 spiro atoms. The molecule has 2 saturated heterocycles. The van der Waals surface area contributed by atoms with E-state index in [4.69, 9.17) is 0 Å². The van der Waals surface area contributed by atoms with Crippen LogP contribution in [0.4, 0.5) is 5.69 Å². The number of nitrogens with zero attached hydrogens (tertiary/aromatic N) is 2. The molecule has 2 aromatic rings. The van der Waals surface area contributed by atoms with Crippen LogP contribution < -0.4 is 4.90 Å². The third kappa shape index (κ3) is 3.14. The number of hydrogen-bond acceptors (Lipinski definition) is 5. The Bertz CT molecular complexity index is 1400. The molecule has 0 bridgehead atoms. The summed E-state index contributed by atoms with van der Waals surface area (Å²) >= 11 is 0. The second-order valence-electron chi connectivity index (χ2n) is 11.3. The van der Waals surface area contributed by atoms with Crippen LogP contribution in [0, 0.1) is 36.0 Å². The van der Waals surface area contributed by atoms with E-state index in [0.29, 0.717) is 42.6 Å². The van der Waals surface area contributed by atoms with Crippen molar-refractivity contribution in [3.8, 4) is 5.75 Å². The molecule has 2 aliphatic carbocycles. The lowest BCUT2D eigenvalue weighted by molar-refractivity contribution is -0.140. The topological polar surface area (TPSA) is 95.0 Å². The van der Waals surface area contributed by atoms with Crippen LogP contribution in [-0.2, 0) is 19.2 Å². The van der Waals surface area contributed by atoms with Crippen LogP contribution in [0.5, 0.6) is 5.75 Å². The molecule has 6 rings (SSSR count). The first kappa shape index (κ1) is 24.6. The zero-order valence-corrected chi connectivity index (χ0v) is 21.9. The lowest BCUT2D eigenvalue weighted by Gasteiger charge is -2.49. The minimum absolute atomic E-state index is 0.0981. The highest BCUT2D eigenvalue weighted by molar-refractivity contribution is 6.24. The van der Waals surface area contributed by atoms with E-state index in [9.17, 15) is 24.3 Å². The molecule has 3 fully saturated rings. The molecule has 2 aliphatic heterocycles. The van der Waals surface area contributed by atoms with Gasteiger partial charge < -0.3 is 5.11 Å². The zero-order valence-electron chi connectivity index (χ0n) is 21.9. The van der Waals surface area contributed by atoms with E-state index in [1.165, 1.54) is 9.80 Å². The third-order valence-corrected chi connectivity index (χ3v) is 9.41. The van der Waals surface area contributed by atoms with Gasteiger partial charge in [0.25, 0.3) is 0 Å². The summed E-state index contributed by atoms with van der Waals surface area (Å²) in [5.74, 6) is -3.45. The number of benzene rings is 2. The van der Waals surface area contributed by atoms with Crippen molar-refractivity contribution in [3.63, 3.8) is 0 Å². The molecule has 7 nitrogen and oxygen atoms in total. The normalized spacial score (nSPS) is 32.3. The van der Waals surface area contributed by atoms with Crippen molar-refractivity contribution in [2.45, 2.75) is 46.0 Å². The van der Waals surface area contributed by atoms with E-state index in [1.807, 2.05) is 51.1 Å². The maximum Gasteiger partial charge on any atom is 0.241 e. The lowest BCUT2D eigenvalue weighted by atomic mass is 9.51. The van der Waals surface area contributed by atoms with Gasteiger partial charge in [-0.1, -0.05) is 55.0 Å². The van der Waals surface area contributed by atoms with Crippen molar-refractivity contribution >= 4 is 29.3 Å². The molecule has 0 radical (unpaired) electrons. The third-order valence-electron chi connectivity index (χ3n) is 9.41. The number of carbonyl (C=O) groups is 4. The molecule has 4 amide bonds. The van der Waals surface area contributed by atoms with Gasteiger partial charge in [-0.2, -0.15) is 0 Å². The second kappa shape index (κ2) is 8.65. The zero-order chi connectivity index (χ0) is 26.9. The molecule has 0 aromatic heterocycles. The van der Waals surface area contributed by atoms with Gasteiger partial charge in [0.15, 0.2) is 0 Å². The SMILES string of the molecule is CCCN1C(=O)C2CC=C3C(CC4C(=O)N(c5ccccc5)C(=O)C4(C)C3c3cccc(C)c3O)C2C1=O. The molecule has 6 unspecified atom stereocenters. The molecule has 4 aliphatic rings. The minimum atomic E-state index is -1.15. The average Bonchev–Trinajstić information content (AvgIpc) is 3.27. The van der Waals surface area contributed by atoms with Gasteiger partial charge in [-0.15, -0.1) is 0 Å². The lowest BCUT2D eigenvalue weighted by Crippen LogP contribution is -2.49. The fourth-order valence-electron chi connectivity index (χ4n) is 7.61. The van der Waals surface area contributed by atoms with Gasteiger partial charge in [-0.05, 0) is 56.7 Å². The van der Waals surface area contributed by atoms with Gasteiger partial charge >= 0.3 is 0 Å². The van der Waals surface area contributed by atoms with Crippen molar-refractivity contribution in [1.82, 2.24) is 4.90 Å². The number of aromatic hydroxyl groups is 1. The second-order valence-corrected chi connectivity index (χ2v) is 11.3. The Labute approximate surface area is 222 Å². The van der Waals surface area contributed by atoms with Crippen LogP contribution in [-0.4, -0.2) is 40.2 Å². The summed E-state index contributed by atoms with van der Waals surface area (Å²) in [7, 11) is 0. The van der Waals surface area contributed by atoms with Crippen LogP contribution >= 0.6 is 0 Å². The number of phenols is 1. The molecule has 38 heavy (non-hydrogen) atoms. The first-order valence-corrected chi connectivity index (χ1v) is 13.5. The number of likely N-dealkylation sites (tertiary alicyclic amines) is 1. The first-order valence-electron chi connectivity index (χ1n) is 13.5. The van der Waals surface area contributed by atoms with Gasteiger partial charge in [0, 0.05) is 18.0 Å². The van der Waals surface area contributed by atoms with E-state index in [2.05, 4.69) is 0 Å². The highest BCUT2D eigenvalue weighted by Gasteiger charge is 2.67. The number of phenolic OH excluding ortho intramolecular Hbond substituents is 1. The number of carbonyl (C=O) groups excluding carboxylic acids is 4. The summed E-state index contributed by atoms with van der Waals surface area (Å²) in [4.78, 5) is 57.8. The van der Waals surface area contributed by atoms with Crippen molar-refractivity contribution in [3.05, 3.63) is 71.3 Å². The molecular formula is C31H32N2O5. The fraction of sp³-hybridized carbons (Fsp3) is 0.419. The van der Waals surface area contributed by atoms with Crippen LogP contribution in [0.2, 0.25) is 0 Å². The number of anilines is 1. The Morgan fingerprint density at radius 3 is 2.39 bits per heavy atom. The van der Waals surface area contributed by atoms with Crippen molar-refractivity contribution < 1.29 is 24.3 Å². The number of para-hydroxylation sites is 2. The maximum atomic E-state index is 14.3. The molecule has 2 heterocycles. The van der Waals surface area contributed by atoms with Gasteiger partial charge in [-0.3, -0.25) is 24.1 Å². The number of rotatable bonds is 4. The summed E-state index contributed by atoms with van der Waals surface area (Å²) < 4.78 is 0. The minimum Gasteiger partial charge on any atom is -0.507 e. The Morgan fingerprint density at radius 2 is 1.68 bits per heavy atom. The Morgan fingerprint density at radius 1 is 0.947 bits per heavy atom. The monoisotopic (exact) mass is 512 g/mol. The standard InChI is InChI=1S/C31H32N2O5/c1-4-15-32-27(35)20-14-13-19-22(24(20)29(32)37)16-23-28(36)33(18-10-6-5-7-11-18)30(38)31(23,3)25(19)21-12-8-9-17(2)26(21)34/h5-13,20,22-25,34H,4,14-16H2,1-3H3. The molecule has 6 atom stereocenters. The predicted molar refractivity (Wildman–Crippen MR) is 141 cm³/mol. The highest BCUT2D eigenvalue weighted by Crippen LogP contribution is 2.64. The summed E-state index contributed by atoms with van der Waals surface area (Å²) in [6.45, 7) is 5.97. The first-order chi connectivity index (χ1) is 18.2. The largest absolute Gasteiger partial charge is 0.507 e. The quantitative estimate of drug-likeness (QED) is 0.486. The van der Waals surface area contributed by atoms with Crippen LogP contribution in [0.3, 0.4) is 0 Å². The van der Waals surface area contributed by atoms with Crippen LogP contribution in [0.15, 0.2) is 60.2 Å². The summed E-state index contributed by atoms with van der Waals surface area (Å²) in [5.41, 5.74) is 1.52. The molecule has 1 N–H and O–H groups in total. The molecule has 1 saturated carbocycles. The average molecular weight is 513 g/mol. The van der Waals surface area contributed by atoms with E-state index < -0.39 is 29.1 Å². The van der Waals surface area contributed by atoms with Crippen molar-refractivity contribution in [2.24, 2.45) is 29.1 Å². The van der Waals surface area contributed by atoms with Crippen LogP contribution in [0.25, 0.3) is 0 Å². The van der Waals surface area contributed by atoms with E-state index in [-0.39, 0.29) is 35.3 Å². The Balaban J connectivity index is 1.54. The van der Waals surface area contributed by atoms with Gasteiger partial charge in [-0.25, -0.2) is 4.90 Å². The predicted octanol–water partition coefficient (Wildman–Crippen LogP) is 4.34. The summed E-state index contributed by atoms with van der Waals surface area (Å²) in [6, 6.07) is 14.4.